The Morgan fingerprint density at radius 2 is 2.24 bits per heavy atom. The summed E-state index contributed by atoms with van der Waals surface area (Å²) >= 11 is 0. The Labute approximate surface area is 102 Å². The number of nitrogens with one attached hydrogen (secondary N) is 1. The maximum Gasteiger partial charge on any atom is 0.152 e. The van der Waals surface area contributed by atoms with Crippen molar-refractivity contribution >= 4 is 0 Å². The third-order valence-electron chi connectivity index (χ3n) is 3.80. The molecule has 2 aliphatic rings. The van der Waals surface area contributed by atoms with Gasteiger partial charge in [0.1, 0.15) is 5.82 Å². The predicted octanol–water partition coefficient (Wildman–Crippen LogP) is 0.756. The minimum atomic E-state index is 0.0873. The fraction of sp³-hybridized carbons (Fsp3) is 0.833. The van der Waals surface area contributed by atoms with Gasteiger partial charge >= 0.3 is 0 Å². The van der Waals surface area contributed by atoms with Crippen molar-refractivity contribution in [3.8, 4) is 0 Å². The molecule has 3 rings (SSSR count). The number of fused-ring (bicyclic) bond motifs is 1. The summed E-state index contributed by atoms with van der Waals surface area (Å²) in [7, 11) is 0. The third-order valence-corrected chi connectivity index (χ3v) is 3.80. The SMILES string of the molecule is NC1CCCn2nc(CC3CCCCN3)nc21. The number of nitrogens with zero attached hydrogens (tertiary/aromatic N) is 3. The summed E-state index contributed by atoms with van der Waals surface area (Å²) in [6, 6.07) is 0.647. The number of nitrogens with two attached hydrogens (primary N) is 1. The lowest BCUT2D eigenvalue weighted by Crippen LogP contribution is -2.35. The first kappa shape index (κ1) is 11.2. The van der Waals surface area contributed by atoms with Crippen molar-refractivity contribution in [2.45, 2.75) is 57.2 Å². The zero-order valence-corrected chi connectivity index (χ0v) is 10.2. The number of hydrogen-bond acceptors (Lipinski definition) is 4. The molecule has 94 valence electrons. The molecule has 1 aromatic heterocycles. The van der Waals surface area contributed by atoms with Gasteiger partial charge in [0, 0.05) is 19.0 Å². The molecule has 0 aromatic carbocycles. The van der Waals surface area contributed by atoms with Crippen LogP contribution in [0.15, 0.2) is 0 Å². The Hall–Kier alpha value is -0.940. The summed E-state index contributed by atoms with van der Waals surface area (Å²) in [5.41, 5.74) is 6.05. The second-order valence-electron chi connectivity index (χ2n) is 5.21. The van der Waals surface area contributed by atoms with Crippen LogP contribution in [0.1, 0.15) is 49.8 Å². The fourth-order valence-corrected chi connectivity index (χ4v) is 2.84. The standard InChI is InChI=1S/C12H21N5/c13-10-5-3-7-17-12(10)15-11(16-17)8-9-4-1-2-6-14-9/h9-10,14H,1-8,13H2. The van der Waals surface area contributed by atoms with E-state index in [2.05, 4.69) is 15.4 Å². The van der Waals surface area contributed by atoms with Crippen LogP contribution in [0.4, 0.5) is 0 Å². The van der Waals surface area contributed by atoms with E-state index in [9.17, 15) is 0 Å². The lowest BCUT2D eigenvalue weighted by molar-refractivity contribution is 0.392. The predicted molar refractivity (Wildman–Crippen MR) is 65.5 cm³/mol. The Morgan fingerprint density at radius 3 is 3.00 bits per heavy atom. The van der Waals surface area contributed by atoms with E-state index in [0.29, 0.717) is 6.04 Å². The summed E-state index contributed by atoms with van der Waals surface area (Å²) in [5, 5.41) is 8.12. The van der Waals surface area contributed by atoms with Crippen LogP contribution in [-0.4, -0.2) is 27.4 Å². The average molecular weight is 235 g/mol. The minimum Gasteiger partial charge on any atom is -0.321 e. The third kappa shape index (κ3) is 2.35. The van der Waals surface area contributed by atoms with Crippen molar-refractivity contribution < 1.29 is 0 Å². The Bertz CT molecular complexity index is 380. The fourth-order valence-electron chi connectivity index (χ4n) is 2.84. The number of aromatic nitrogens is 3. The molecule has 1 saturated heterocycles. The monoisotopic (exact) mass is 235 g/mol. The van der Waals surface area contributed by atoms with Crippen molar-refractivity contribution in [2.24, 2.45) is 5.73 Å². The van der Waals surface area contributed by atoms with Crippen LogP contribution in [0.3, 0.4) is 0 Å². The lowest BCUT2D eigenvalue weighted by Gasteiger charge is -2.21. The Balaban J connectivity index is 1.71. The highest BCUT2D eigenvalue weighted by molar-refractivity contribution is 5.02. The molecule has 0 saturated carbocycles. The van der Waals surface area contributed by atoms with Gasteiger partial charge in [0.25, 0.3) is 0 Å². The molecule has 1 aromatic rings. The number of hydrogen-bond donors (Lipinski definition) is 2. The minimum absolute atomic E-state index is 0.0873. The van der Waals surface area contributed by atoms with Crippen molar-refractivity contribution in [1.82, 2.24) is 20.1 Å². The summed E-state index contributed by atoms with van der Waals surface area (Å²) in [5.74, 6) is 1.96. The van der Waals surface area contributed by atoms with Crippen LogP contribution in [-0.2, 0) is 13.0 Å². The van der Waals surface area contributed by atoms with E-state index in [1.54, 1.807) is 0 Å². The van der Waals surface area contributed by atoms with E-state index in [1.807, 2.05) is 4.68 Å². The van der Waals surface area contributed by atoms with Gasteiger partial charge in [-0.2, -0.15) is 5.10 Å². The van der Waals surface area contributed by atoms with Gasteiger partial charge in [0.15, 0.2) is 5.82 Å². The molecule has 2 aliphatic heterocycles. The molecular formula is C12H21N5. The normalized spacial score (nSPS) is 29.0. The van der Waals surface area contributed by atoms with E-state index >= 15 is 0 Å². The zero-order chi connectivity index (χ0) is 11.7. The number of piperidine rings is 1. The van der Waals surface area contributed by atoms with E-state index < -0.39 is 0 Å². The van der Waals surface area contributed by atoms with Gasteiger partial charge in [0.2, 0.25) is 0 Å². The van der Waals surface area contributed by atoms with E-state index in [4.69, 9.17) is 5.73 Å². The van der Waals surface area contributed by atoms with Crippen molar-refractivity contribution in [3.63, 3.8) is 0 Å². The highest BCUT2D eigenvalue weighted by Gasteiger charge is 2.22. The molecule has 3 heterocycles. The molecule has 0 amide bonds. The molecule has 0 spiro atoms. The van der Waals surface area contributed by atoms with Gasteiger partial charge in [-0.3, -0.25) is 0 Å². The molecular weight excluding hydrogens is 214 g/mol. The van der Waals surface area contributed by atoms with E-state index in [-0.39, 0.29) is 6.04 Å². The van der Waals surface area contributed by atoms with Crippen LogP contribution in [0, 0.1) is 0 Å². The maximum atomic E-state index is 6.05. The Kier molecular flexibility index (Phi) is 3.11. The highest BCUT2D eigenvalue weighted by Crippen LogP contribution is 2.21. The van der Waals surface area contributed by atoms with Crippen molar-refractivity contribution in [3.05, 3.63) is 11.6 Å². The molecule has 5 nitrogen and oxygen atoms in total. The molecule has 1 fully saturated rings. The zero-order valence-electron chi connectivity index (χ0n) is 10.2. The molecule has 5 heteroatoms. The molecule has 3 N–H and O–H groups in total. The molecule has 17 heavy (non-hydrogen) atoms. The highest BCUT2D eigenvalue weighted by atomic mass is 15.4. The second-order valence-corrected chi connectivity index (χ2v) is 5.21. The topological polar surface area (TPSA) is 68.8 Å². The summed E-state index contributed by atoms with van der Waals surface area (Å²) in [4.78, 5) is 4.61. The van der Waals surface area contributed by atoms with Gasteiger partial charge in [-0.05, 0) is 32.2 Å². The van der Waals surface area contributed by atoms with Gasteiger partial charge in [0.05, 0.1) is 6.04 Å². The summed E-state index contributed by atoms with van der Waals surface area (Å²) < 4.78 is 2.01. The molecule has 0 radical (unpaired) electrons. The van der Waals surface area contributed by atoms with Crippen LogP contribution in [0.25, 0.3) is 0 Å². The first-order chi connectivity index (χ1) is 8.33. The number of rotatable bonds is 2. The first-order valence-corrected chi connectivity index (χ1v) is 6.75. The molecule has 0 aliphatic carbocycles. The molecule has 0 bridgehead atoms. The van der Waals surface area contributed by atoms with Gasteiger partial charge in [-0.15, -0.1) is 0 Å². The van der Waals surface area contributed by atoms with E-state index in [1.165, 1.54) is 19.3 Å². The van der Waals surface area contributed by atoms with Crippen LogP contribution in [0.2, 0.25) is 0 Å². The van der Waals surface area contributed by atoms with Crippen molar-refractivity contribution in [2.75, 3.05) is 6.54 Å². The maximum absolute atomic E-state index is 6.05. The van der Waals surface area contributed by atoms with Gasteiger partial charge in [-0.25, -0.2) is 9.67 Å². The van der Waals surface area contributed by atoms with Crippen LogP contribution in [0.5, 0.6) is 0 Å². The van der Waals surface area contributed by atoms with Crippen LogP contribution >= 0.6 is 0 Å². The number of aryl methyl sites for hydroxylation is 1. The van der Waals surface area contributed by atoms with Gasteiger partial charge < -0.3 is 11.1 Å². The lowest BCUT2D eigenvalue weighted by atomic mass is 10.0. The van der Waals surface area contributed by atoms with Gasteiger partial charge in [-0.1, -0.05) is 6.42 Å². The smallest absolute Gasteiger partial charge is 0.152 e. The summed E-state index contributed by atoms with van der Waals surface area (Å²) in [6.45, 7) is 2.12. The first-order valence-electron chi connectivity index (χ1n) is 6.75. The second kappa shape index (κ2) is 4.74. The Morgan fingerprint density at radius 1 is 1.29 bits per heavy atom. The largest absolute Gasteiger partial charge is 0.321 e. The average Bonchev–Trinajstić information content (AvgIpc) is 2.74. The molecule has 2 unspecified atom stereocenters. The quantitative estimate of drug-likeness (QED) is 0.794. The molecule has 2 atom stereocenters. The van der Waals surface area contributed by atoms with Crippen LogP contribution < -0.4 is 11.1 Å². The summed E-state index contributed by atoms with van der Waals surface area (Å²) in [6.07, 6.45) is 6.99. The van der Waals surface area contributed by atoms with Crippen molar-refractivity contribution in [1.29, 1.82) is 0 Å². The van der Waals surface area contributed by atoms with E-state index in [0.717, 1.165) is 44.0 Å².